The fraction of sp³-hybridized carbons (Fsp3) is 0.615. The normalized spacial score (nSPS) is 10.7. The van der Waals surface area contributed by atoms with Crippen LogP contribution in [-0.4, -0.2) is 69.6 Å². The predicted molar refractivity (Wildman–Crippen MR) is 133 cm³/mol. The van der Waals surface area contributed by atoms with Gasteiger partial charge in [0.15, 0.2) is 0 Å². The molecule has 35 heavy (non-hydrogen) atoms. The van der Waals surface area contributed by atoms with E-state index >= 15 is 0 Å². The van der Waals surface area contributed by atoms with Gasteiger partial charge in [-0.05, 0) is 43.9 Å². The topological polar surface area (TPSA) is 120 Å². The van der Waals surface area contributed by atoms with Gasteiger partial charge in [0.2, 0.25) is 11.8 Å². The van der Waals surface area contributed by atoms with Crippen molar-refractivity contribution in [2.45, 2.75) is 58.8 Å². The number of carbonyl (C=O) groups excluding carboxylic acids is 4. The number of hydrogen-bond acceptors (Lipinski definition) is 7. The average Bonchev–Trinajstić information content (AvgIpc) is 2.81. The third kappa shape index (κ3) is 17.5. The van der Waals surface area contributed by atoms with Crippen molar-refractivity contribution in [2.75, 3.05) is 51.5 Å². The molecule has 0 bridgehead atoms. The molecule has 0 aliphatic heterocycles. The summed E-state index contributed by atoms with van der Waals surface area (Å²) in [6.45, 7) is 7.11. The predicted octanol–water partition coefficient (Wildman–Crippen LogP) is 2.85. The molecular formula is C26H40N2O7. The summed E-state index contributed by atoms with van der Waals surface area (Å²) >= 11 is 0. The van der Waals surface area contributed by atoms with Gasteiger partial charge in [0.05, 0.1) is 39.5 Å². The quantitative estimate of drug-likeness (QED) is 0.200. The Morgan fingerprint density at radius 2 is 1.37 bits per heavy atom. The maximum Gasteiger partial charge on any atom is 0.224 e. The lowest BCUT2D eigenvalue weighted by Gasteiger charge is -2.08. The third-order valence-electron chi connectivity index (χ3n) is 4.85. The van der Waals surface area contributed by atoms with E-state index in [2.05, 4.69) is 17.6 Å². The molecular weight excluding hydrogens is 452 g/mol. The van der Waals surface area contributed by atoms with Crippen LogP contribution in [-0.2, 0) is 39.8 Å². The molecule has 2 N–H and O–H groups in total. The fourth-order valence-corrected chi connectivity index (χ4v) is 3.07. The summed E-state index contributed by atoms with van der Waals surface area (Å²) in [4.78, 5) is 46.5. The number of Topliss-reactive ketones (excluding diaryl/α,β-unsaturated/α-hetero) is 2. The number of carbonyl (C=O) groups is 4. The Bertz CT molecular complexity index is 765. The first-order chi connectivity index (χ1) is 16.9. The first kappa shape index (κ1) is 30.4. The molecule has 0 unspecified atom stereocenters. The van der Waals surface area contributed by atoms with E-state index in [4.69, 9.17) is 14.2 Å². The van der Waals surface area contributed by atoms with Crippen LogP contribution in [0.2, 0.25) is 0 Å². The fourth-order valence-electron chi connectivity index (χ4n) is 3.07. The summed E-state index contributed by atoms with van der Waals surface area (Å²) in [6, 6.07) is 7.25. The molecule has 0 fully saturated rings. The van der Waals surface area contributed by atoms with E-state index in [1.807, 2.05) is 12.1 Å². The number of rotatable bonds is 21. The van der Waals surface area contributed by atoms with Crippen molar-refractivity contribution in [3.05, 3.63) is 29.8 Å². The third-order valence-corrected chi connectivity index (χ3v) is 4.85. The number of ketones is 2. The van der Waals surface area contributed by atoms with Crippen LogP contribution >= 0.6 is 0 Å². The first-order valence-corrected chi connectivity index (χ1v) is 12.3. The second-order valence-corrected chi connectivity index (χ2v) is 8.20. The van der Waals surface area contributed by atoms with Crippen LogP contribution in [0.3, 0.4) is 0 Å². The Kier molecular flexibility index (Phi) is 17.1. The smallest absolute Gasteiger partial charge is 0.224 e. The van der Waals surface area contributed by atoms with E-state index < -0.39 is 0 Å². The van der Waals surface area contributed by atoms with Crippen molar-refractivity contribution >= 4 is 29.1 Å². The van der Waals surface area contributed by atoms with Gasteiger partial charge < -0.3 is 24.8 Å². The minimum Gasteiger partial charge on any atom is -0.379 e. The average molecular weight is 493 g/mol. The van der Waals surface area contributed by atoms with Gasteiger partial charge in [0.1, 0.15) is 11.6 Å². The highest BCUT2D eigenvalue weighted by molar-refractivity contribution is 5.98. The van der Waals surface area contributed by atoms with Crippen LogP contribution < -0.4 is 10.6 Å². The second kappa shape index (κ2) is 19.7. The second-order valence-electron chi connectivity index (χ2n) is 8.20. The highest BCUT2D eigenvalue weighted by Crippen LogP contribution is 2.12. The SMILES string of the molecule is CCCOCCOCCOCCNC(=O)CCCC(=O)Nc1ccc(CCC(=O)CC(C)=O)cc1. The molecule has 9 heteroatoms. The molecule has 1 aromatic carbocycles. The number of ether oxygens (including phenoxy) is 3. The van der Waals surface area contributed by atoms with E-state index in [1.54, 1.807) is 12.1 Å². The molecule has 0 saturated heterocycles. The number of benzene rings is 1. The van der Waals surface area contributed by atoms with Gasteiger partial charge in [-0.25, -0.2) is 0 Å². The molecule has 196 valence electrons. The van der Waals surface area contributed by atoms with Gasteiger partial charge >= 0.3 is 0 Å². The Hall–Kier alpha value is -2.62. The van der Waals surface area contributed by atoms with E-state index in [9.17, 15) is 19.2 Å². The van der Waals surface area contributed by atoms with Crippen LogP contribution in [0, 0.1) is 0 Å². The molecule has 0 radical (unpaired) electrons. The molecule has 2 amide bonds. The highest BCUT2D eigenvalue weighted by Gasteiger charge is 2.08. The van der Waals surface area contributed by atoms with E-state index in [0.717, 1.165) is 18.6 Å². The zero-order valence-electron chi connectivity index (χ0n) is 21.1. The van der Waals surface area contributed by atoms with Gasteiger partial charge in [-0.3, -0.25) is 19.2 Å². The van der Waals surface area contributed by atoms with Crippen molar-refractivity contribution in [1.29, 1.82) is 0 Å². The Balaban J connectivity index is 2.05. The molecule has 9 nitrogen and oxygen atoms in total. The molecule has 1 aromatic rings. The minimum atomic E-state index is -0.161. The molecule has 0 aromatic heterocycles. The molecule has 0 atom stereocenters. The lowest BCUT2D eigenvalue weighted by atomic mass is 10.0. The first-order valence-electron chi connectivity index (χ1n) is 12.3. The van der Waals surface area contributed by atoms with Gasteiger partial charge in [0, 0.05) is 38.1 Å². The maximum atomic E-state index is 12.1. The molecule has 1 rings (SSSR count). The summed E-state index contributed by atoms with van der Waals surface area (Å²) in [7, 11) is 0. The van der Waals surface area contributed by atoms with Gasteiger partial charge in [-0.2, -0.15) is 0 Å². The largest absolute Gasteiger partial charge is 0.379 e. The number of hydrogen-bond donors (Lipinski definition) is 2. The standard InChI is InChI=1S/C26H40N2O7/c1-3-14-33-16-18-35-19-17-34-15-13-27-25(31)5-4-6-26(32)28-23-10-7-22(8-11-23)9-12-24(30)20-21(2)29/h7-8,10-11H,3-6,9,12-20H2,1-2H3,(H,27,31)(H,28,32). The van der Waals surface area contributed by atoms with Gasteiger partial charge in [0.25, 0.3) is 0 Å². The van der Waals surface area contributed by atoms with Gasteiger partial charge in [-0.15, -0.1) is 0 Å². The molecule has 0 aliphatic carbocycles. The van der Waals surface area contributed by atoms with Crippen LogP contribution in [0.4, 0.5) is 5.69 Å². The molecule has 0 spiro atoms. The Morgan fingerprint density at radius 1 is 0.771 bits per heavy atom. The Morgan fingerprint density at radius 3 is 2.00 bits per heavy atom. The van der Waals surface area contributed by atoms with E-state index in [1.165, 1.54) is 6.92 Å². The van der Waals surface area contributed by atoms with E-state index in [0.29, 0.717) is 64.5 Å². The van der Waals surface area contributed by atoms with Crippen molar-refractivity contribution in [3.8, 4) is 0 Å². The molecule has 0 heterocycles. The number of nitrogens with one attached hydrogen (secondary N) is 2. The van der Waals surface area contributed by atoms with Gasteiger partial charge in [-0.1, -0.05) is 19.1 Å². The number of anilines is 1. The Labute approximate surface area is 208 Å². The number of amides is 2. The van der Waals surface area contributed by atoms with Crippen LogP contribution in [0.5, 0.6) is 0 Å². The van der Waals surface area contributed by atoms with Crippen LogP contribution in [0.25, 0.3) is 0 Å². The van der Waals surface area contributed by atoms with Crippen molar-refractivity contribution < 1.29 is 33.4 Å². The lowest BCUT2D eigenvalue weighted by molar-refractivity contribution is -0.126. The minimum absolute atomic E-state index is 0.0226. The zero-order valence-corrected chi connectivity index (χ0v) is 21.1. The summed E-state index contributed by atoms with van der Waals surface area (Å²) < 4.78 is 16.1. The van der Waals surface area contributed by atoms with Crippen LogP contribution in [0.1, 0.15) is 57.9 Å². The molecule has 0 aliphatic rings. The zero-order chi connectivity index (χ0) is 25.7. The van der Waals surface area contributed by atoms with Crippen molar-refractivity contribution in [3.63, 3.8) is 0 Å². The monoisotopic (exact) mass is 492 g/mol. The molecule has 0 saturated carbocycles. The van der Waals surface area contributed by atoms with E-state index in [-0.39, 0.29) is 42.6 Å². The maximum absolute atomic E-state index is 12.1. The summed E-state index contributed by atoms with van der Waals surface area (Å²) in [6.07, 6.45) is 2.81. The highest BCUT2D eigenvalue weighted by atomic mass is 16.5. The summed E-state index contributed by atoms with van der Waals surface area (Å²) in [5, 5.41) is 5.57. The summed E-state index contributed by atoms with van der Waals surface area (Å²) in [5.41, 5.74) is 1.62. The summed E-state index contributed by atoms with van der Waals surface area (Å²) in [5.74, 6) is -0.471. The van der Waals surface area contributed by atoms with Crippen LogP contribution in [0.15, 0.2) is 24.3 Å². The lowest BCUT2D eigenvalue weighted by Crippen LogP contribution is -2.27. The van der Waals surface area contributed by atoms with Crippen molar-refractivity contribution in [2.24, 2.45) is 0 Å². The van der Waals surface area contributed by atoms with Crippen molar-refractivity contribution in [1.82, 2.24) is 5.32 Å². The number of aryl methyl sites for hydroxylation is 1.